The normalized spacial score (nSPS) is 16.1. The Balaban J connectivity index is 1.30. The average molecular weight is 563 g/mol. The highest BCUT2D eigenvalue weighted by Crippen LogP contribution is 2.56. The van der Waals surface area contributed by atoms with E-state index in [9.17, 15) is 0 Å². The lowest BCUT2D eigenvalue weighted by Crippen LogP contribution is -2.24. The van der Waals surface area contributed by atoms with Crippen molar-refractivity contribution in [1.29, 1.82) is 0 Å². The van der Waals surface area contributed by atoms with Crippen LogP contribution in [0.25, 0.3) is 0 Å². The molecule has 198 valence electrons. The number of benzene rings is 6. The Bertz CT molecular complexity index is 1510. The van der Waals surface area contributed by atoms with Crippen molar-refractivity contribution in [1.82, 2.24) is 0 Å². The zero-order valence-electron chi connectivity index (χ0n) is 22.9. The molecule has 0 amide bonds. The first-order chi connectivity index (χ1) is 20.4. The molecule has 1 aliphatic carbocycles. The second kappa shape index (κ2) is 12.0. The van der Waals surface area contributed by atoms with Crippen LogP contribution >= 0.6 is 15.8 Å². The molecule has 6 aromatic rings. The first kappa shape index (κ1) is 26.1. The quantitative estimate of drug-likeness (QED) is 0.169. The van der Waals surface area contributed by atoms with E-state index in [2.05, 4.69) is 170 Å². The van der Waals surface area contributed by atoms with E-state index >= 15 is 0 Å². The predicted octanol–water partition coefficient (Wildman–Crippen LogP) is 7.47. The topological polar surface area (TPSA) is 0 Å². The minimum absolute atomic E-state index is 0.535. The van der Waals surface area contributed by atoms with Crippen LogP contribution in [0, 0.1) is 0 Å². The lowest BCUT2D eigenvalue weighted by Gasteiger charge is -2.24. The van der Waals surface area contributed by atoms with Crippen LogP contribution in [-0.4, -0.2) is 0 Å². The van der Waals surface area contributed by atoms with Gasteiger partial charge in [-0.15, -0.1) is 0 Å². The molecule has 0 heterocycles. The van der Waals surface area contributed by atoms with Crippen LogP contribution in [0.15, 0.2) is 170 Å². The van der Waals surface area contributed by atoms with Crippen LogP contribution in [0.5, 0.6) is 0 Å². The first-order valence-electron chi connectivity index (χ1n) is 14.4. The van der Waals surface area contributed by atoms with E-state index in [4.69, 9.17) is 0 Å². The molecule has 0 N–H and O–H groups in total. The van der Waals surface area contributed by atoms with Gasteiger partial charge in [0.1, 0.15) is 0 Å². The molecule has 0 spiro atoms. The fourth-order valence-electron chi connectivity index (χ4n) is 6.05. The number of hydrogen-bond acceptors (Lipinski definition) is 0. The molecule has 2 atom stereocenters. The summed E-state index contributed by atoms with van der Waals surface area (Å²) in [6, 6.07) is 63.0. The van der Waals surface area contributed by atoms with Crippen LogP contribution < -0.4 is 31.8 Å². The van der Waals surface area contributed by atoms with Gasteiger partial charge in [0.05, 0.1) is 0 Å². The van der Waals surface area contributed by atoms with Crippen LogP contribution in [0.1, 0.15) is 29.4 Å². The van der Waals surface area contributed by atoms with E-state index in [1.807, 2.05) is 0 Å². The fraction of sp³-hybridized carbons (Fsp3) is 0.0769. The van der Waals surface area contributed by atoms with E-state index < -0.39 is 15.8 Å². The molecule has 1 aliphatic rings. The van der Waals surface area contributed by atoms with Gasteiger partial charge in [-0.2, -0.15) is 0 Å². The van der Waals surface area contributed by atoms with Gasteiger partial charge in [-0.1, -0.05) is 170 Å². The summed E-state index contributed by atoms with van der Waals surface area (Å²) in [6.07, 6.45) is 1.20. The van der Waals surface area contributed by atoms with Crippen LogP contribution in [-0.2, 0) is 0 Å². The van der Waals surface area contributed by atoms with Crippen molar-refractivity contribution in [3.8, 4) is 0 Å². The van der Waals surface area contributed by atoms with Crippen molar-refractivity contribution < 1.29 is 0 Å². The third-order valence-electron chi connectivity index (χ3n) is 8.00. The van der Waals surface area contributed by atoms with Crippen molar-refractivity contribution in [2.75, 3.05) is 0 Å². The fourth-order valence-corrected chi connectivity index (χ4v) is 11.1. The van der Waals surface area contributed by atoms with Crippen molar-refractivity contribution in [2.45, 2.75) is 18.3 Å². The smallest absolute Gasteiger partial charge is 0.00800 e. The highest BCUT2D eigenvalue weighted by atomic mass is 31.1. The second-order valence-corrected chi connectivity index (χ2v) is 15.0. The summed E-state index contributed by atoms with van der Waals surface area (Å²) >= 11 is 0. The third kappa shape index (κ3) is 5.44. The van der Waals surface area contributed by atoms with Crippen LogP contribution in [0.3, 0.4) is 0 Å². The summed E-state index contributed by atoms with van der Waals surface area (Å²) in [5.74, 6) is 1.07. The summed E-state index contributed by atoms with van der Waals surface area (Å²) in [5.41, 5.74) is 3.05. The Morgan fingerprint density at radius 3 is 0.902 bits per heavy atom. The maximum Gasteiger partial charge on any atom is -0.00800 e. The van der Waals surface area contributed by atoms with Gasteiger partial charge >= 0.3 is 0 Å². The molecule has 0 saturated heterocycles. The molecule has 7 rings (SSSR count). The van der Waals surface area contributed by atoms with Crippen molar-refractivity contribution in [2.24, 2.45) is 0 Å². The van der Waals surface area contributed by atoms with E-state index in [-0.39, 0.29) is 0 Å². The Morgan fingerprint density at radius 1 is 0.317 bits per heavy atom. The molecule has 1 saturated carbocycles. The van der Waals surface area contributed by atoms with Gasteiger partial charge in [-0.25, -0.2) is 0 Å². The van der Waals surface area contributed by atoms with Gasteiger partial charge in [0, 0.05) is 0 Å². The molecular formula is C39H32P2. The second-order valence-electron chi connectivity index (χ2n) is 10.6. The van der Waals surface area contributed by atoms with E-state index in [1.165, 1.54) is 49.4 Å². The highest BCUT2D eigenvalue weighted by molar-refractivity contribution is 7.80. The average Bonchev–Trinajstić information content (AvgIpc) is 3.85. The van der Waals surface area contributed by atoms with Gasteiger partial charge in [0.25, 0.3) is 0 Å². The molecule has 2 unspecified atom stereocenters. The molecule has 41 heavy (non-hydrogen) atoms. The number of hydrogen-bond donors (Lipinski definition) is 0. The first-order valence-corrected chi connectivity index (χ1v) is 17.0. The lowest BCUT2D eigenvalue weighted by molar-refractivity contribution is 1.04. The van der Waals surface area contributed by atoms with E-state index in [0.29, 0.717) is 11.8 Å². The Hall–Kier alpha value is -3.82. The number of rotatable bonds is 8. The van der Waals surface area contributed by atoms with Gasteiger partial charge in [0.2, 0.25) is 0 Å². The maximum atomic E-state index is 2.40. The monoisotopic (exact) mass is 562 g/mol. The molecule has 1 fully saturated rings. The molecule has 0 nitrogen and oxygen atoms in total. The largest absolute Gasteiger partial charge is 0.0622 e. The zero-order valence-corrected chi connectivity index (χ0v) is 24.7. The third-order valence-corrected chi connectivity index (χ3v) is 13.0. The minimum Gasteiger partial charge on any atom is -0.0622 e. The summed E-state index contributed by atoms with van der Waals surface area (Å²) in [5, 5.41) is 8.65. The van der Waals surface area contributed by atoms with Crippen LogP contribution in [0.4, 0.5) is 0 Å². The SMILES string of the molecule is c1ccc(P(c2ccccc2)c2ccccc2C2CC2c2ccccc2P(c2ccccc2)c2ccccc2)cc1. The van der Waals surface area contributed by atoms with Gasteiger partial charge in [-0.05, 0) is 77.1 Å². The molecule has 0 radical (unpaired) electrons. The molecular weight excluding hydrogens is 530 g/mol. The Morgan fingerprint density at radius 2 is 0.585 bits per heavy atom. The predicted molar refractivity (Wildman–Crippen MR) is 180 cm³/mol. The zero-order chi connectivity index (χ0) is 27.4. The van der Waals surface area contributed by atoms with Gasteiger partial charge in [0.15, 0.2) is 0 Å². The maximum absolute atomic E-state index is 2.40. The summed E-state index contributed by atoms with van der Waals surface area (Å²) in [6.45, 7) is 0. The van der Waals surface area contributed by atoms with Gasteiger partial charge < -0.3 is 0 Å². The van der Waals surface area contributed by atoms with Gasteiger partial charge in [-0.3, -0.25) is 0 Å². The lowest BCUT2D eigenvalue weighted by atomic mass is 10.0. The Labute approximate surface area is 246 Å². The van der Waals surface area contributed by atoms with Crippen LogP contribution in [0.2, 0.25) is 0 Å². The van der Waals surface area contributed by atoms with Crippen molar-refractivity contribution in [3.63, 3.8) is 0 Å². The molecule has 6 aromatic carbocycles. The molecule has 0 aromatic heterocycles. The highest BCUT2D eigenvalue weighted by Gasteiger charge is 2.43. The summed E-state index contributed by atoms with van der Waals surface area (Å²) in [4.78, 5) is 0. The molecule has 2 heteroatoms. The minimum atomic E-state index is -0.636. The summed E-state index contributed by atoms with van der Waals surface area (Å²) < 4.78 is 0. The molecule has 0 aliphatic heterocycles. The van der Waals surface area contributed by atoms with Crippen molar-refractivity contribution in [3.05, 3.63) is 181 Å². The Kier molecular flexibility index (Phi) is 7.62. The van der Waals surface area contributed by atoms with Crippen molar-refractivity contribution >= 4 is 47.7 Å². The molecule has 0 bridgehead atoms. The standard InChI is InChI=1S/C39H32P2/c1-5-17-30(18-6-1)40(31-19-7-2-8-20-31)38-27-15-13-25-34(38)36-29-37(36)35-26-14-16-28-39(35)41(32-21-9-3-10-22-32)33-23-11-4-12-24-33/h1-28,36-37H,29H2. The van der Waals surface area contributed by atoms with E-state index in [1.54, 1.807) is 0 Å². The van der Waals surface area contributed by atoms with E-state index in [0.717, 1.165) is 0 Å². The summed E-state index contributed by atoms with van der Waals surface area (Å²) in [7, 11) is -1.27.